The molecule has 1 N–H and O–H groups in total. The van der Waals surface area contributed by atoms with Crippen molar-refractivity contribution in [2.24, 2.45) is 0 Å². The van der Waals surface area contributed by atoms with Gasteiger partial charge in [-0.15, -0.1) is 0 Å². The molecule has 0 saturated carbocycles. The number of nitrogens with zero attached hydrogens (tertiary/aromatic N) is 4. The first-order valence-electron chi connectivity index (χ1n) is 8.93. The van der Waals surface area contributed by atoms with Crippen molar-refractivity contribution in [2.75, 3.05) is 42.9 Å². The smallest absolute Gasteiger partial charge is 0.209 e. The van der Waals surface area contributed by atoms with Crippen molar-refractivity contribution in [2.45, 2.75) is 19.8 Å². The van der Waals surface area contributed by atoms with E-state index in [1.807, 2.05) is 36.4 Å². The average molecular weight is 339 g/mol. The van der Waals surface area contributed by atoms with Gasteiger partial charge in [0.2, 0.25) is 6.41 Å². The van der Waals surface area contributed by atoms with E-state index in [0.29, 0.717) is 0 Å². The van der Waals surface area contributed by atoms with E-state index in [-0.39, 0.29) is 0 Å². The molecule has 1 amide bonds. The first kappa shape index (κ1) is 17.2. The van der Waals surface area contributed by atoms with Crippen molar-refractivity contribution in [1.82, 2.24) is 14.9 Å². The molecule has 1 aromatic heterocycles. The van der Waals surface area contributed by atoms with E-state index in [4.69, 9.17) is 4.98 Å². The number of aromatic nitrogens is 2. The van der Waals surface area contributed by atoms with Crippen LogP contribution in [0.15, 0.2) is 36.4 Å². The minimum atomic E-state index is 0.729. The highest BCUT2D eigenvalue weighted by molar-refractivity contribution is 5.62. The Bertz CT molecular complexity index is 683. The molecule has 2 aromatic rings. The van der Waals surface area contributed by atoms with Crippen molar-refractivity contribution < 1.29 is 4.79 Å². The lowest BCUT2D eigenvalue weighted by Gasteiger charge is -2.33. The molecular weight excluding hydrogens is 314 g/mol. The van der Waals surface area contributed by atoms with Gasteiger partial charge in [-0.05, 0) is 6.42 Å². The molecule has 0 bridgehead atoms. The summed E-state index contributed by atoms with van der Waals surface area (Å²) in [6.07, 6.45) is 3.17. The zero-order valence-corrected chi connectivity index (χ0v) is 14.7. The van der Waals surface area contributed by atoms with E-state index in [9.17, 15) is 4.79 Å². The van der Waals surface area contributed by atoms with E-state index in [1.54, 1.807) is 4.90 Å². The molecule has 1 saturated heterocycles. The Morgan fingerprint density at radius 1 is 1.12 bits per heavy atom. The number of rotatable bonds is 7. The highest BCUT2D eigenvalue weighted by Gasteiger charge is 2.18. The number of piperazine rings is 1. The number of carbonyl (C=O) groups excluding carboxylic acids is 1. The number of hydrogen-bond donors (Lipinski definition) is 1. The molecule has 6 nitrogen and oxygen atoms in total. The quantitative estimate of drug-likeness (QED) is 0.621. The zero-order chi connectivity index (χ0) is 17.5. The molecule has 1 aliphatic heterocycles. The van der Waals surface area contributed by atoms with Gasteiger partial charge in [0.25, 0.3) is 0 Å². The Balaban J connectivity index is 1.85. The number of unbranched alkanes of at least 4 members (excludes halogenated alkanes) is 1. The van der Waals surface area contributed by atoms with Gasteiger partial charge in [0.05, 0.1) is 0 Å². The second-order valence-electron chi connectivity index (χ2n) is 6.21. The Morgan fingerprint density at radius 2 is 1.88 bits per heavy atom. The van der Waals surface area contributed by atoms with Gasteiger partial charge in [0, 0.05) is 44.4 Å². The Morgan fingerprint density at radius 3 is 2.56 bits per heavy atom. The fraction of sp³-hybridized carbons (Fsp3) is 0.421. The van der Waals surface area contributed by atoms with Gasteiger partial charge < -0.3 is 15.1 Å². The Kier molecular flexibility index (Phi) is 5.82. The molecular formula is C19H25N5O. The third-order valence-electron chi connectivity index (χ3n) is 4.37. The van der Waals surface area contributed by atoms with Gasteiger partial charge in [-0.25, -0.2) is 9.97 Å². The number of carbonyl (C=O) groups is 1. The summed E-state index contributed by atoms with van der Waals surface area (Å²) in [6, 6.07) is 12.1. The van der Waals surface area contributed by atoms with E-state index < -0.39 is 0 Å². The van der Waals surface area contributed by atoms with Gasteiger partial charge in [0.15, 0.2) is 5.82 Å². The summed E-state index contributed by atoms with van der Waals surface area (Å²) in [5, 5.41) is 3.41. The molecule has 0 atom stereocenters. The third kappa shape index (κ3) is 4.47. The summed E-state index contributed by atoms with van der Waals surface area (Å²) >= 11 is 0. The van der Waals surface area contributed by atoms with Crippen LogP contribution in [0.5, 0.6) is 0 Å². The minimum absolute atomic E-state index is 0.729. The summed E-state index contributed by atoms with van der Waals surface area (Å²) in [5.74, 6) is 2.50. The maximum Gasteiger partial charge on any atom is 0.209 e. The molecule has 1 aliphatic rings. The number of nitrogens with one attached hydrogen (secondary N) is 1. The summed E-state index contributed by atoms with van der Waals surface area (Å²) in [5.41, 5.74) is 1.01. The van der Waals surface area contributed by atoms with Crippen LogP contribution >= 0.6 is 0 Å². The van der Waals surface area contributed by atoms with E-state index in [2.05, 4.69) is 22.1 Å². The molecule has 2 heterocycles. The predicted octanol–water partition coefficient (Wildman–Crippen LogP) is 2.63. The molecule has 0 aliphatic carbocycles. The predicted molar refractivity (Wildman–Crippen MR) is 101 cm³/mol. The normalized spacial score (nSPS) is 14.4. The van der Waals surface area contributed by atoms with Crippen molar-refractivity contribution in [3.63, 3.8) is 0 Å². The lowest BCUT2D eigenvalue weighted by atomic mass is 10.2. The Labute approximate surface area is 148 Å². The highest BCUT2D eigenvalue weighted by Crippen LogP contribution is 2.23. The fourth-order valence-corrected chi connectivity index (χ4v) is 2.85. The summed E-state index contributed by atoms with van der Waals surface area (Å²) < 4.78 is 0. The molecule has 3 rings (SSSR count). The highest BCUT2D eigenvalue weighted by atomic mass is 16.1. The lowest BCUT2D eigenvalue weighted by Crippen LogP contribution is -2.46. The first-order chi connectivity index (χ1) is 12.3. The van der Waals surface area contributed by atoms with Crippen LogP contribution in [0.1, 0.15) is 19.8 Å². The maximum atomic E-state index is 10.9. The second-order valence-corrected chi connectivity index (χ2v) is 6.21. The van der Waals surface area contributed by atoms with Gasteiger partial charge >= 0.3 is 0 Å². The first-order valence-corrected chi connectivity index (χ1v) is 8.93. The third-order valence-corrected chi connectivity index (χ3v) is 4.37. The van der Waals surface area contributed by atoms with Crippen LogP contribution in [-0.4, -0.2) is 54.0 Å². The van der Waals surface area contributed by atoms with Crippen molar-refractivity contribution in [3.8, 4) is 11.4 Å². The van der Waals surface area contributed by atoms with E-state index in [1.165, 1.54) is 0 Å². The molecule has 1 aromatic carbocycles. The van der Waals surface area contributed by atoms with E-state index >= 15 is 0 Å². The summed E-state index contributed by atoms with van der Waals surface area (Å²) in [6.45, 7) is 6.12. The molecule has 0 unspecified atom stereocenters. The van der Waals surface area contributed by atoms with Crippen molar-refractivity contribution in [3.05, 3.63) is 36.4 Å². The van der Waals surface area contributed by atoms with Crippen LogP contribution in [0, 0.1) is 0 Å². The SMILES string of the molecule is CCCCNc1cc(N2CCN(C=O)CC2)nc(-c2ccccc2)n1. The van der Waals surface area contributed by atoms with Gasteiger partial charge in [-0.2, -0.15) is 0 Å². The topological polar surface area (TPSA) is 61.4 Å². The van der Waals surface area contributed by atoms with Gasteiger partial charge in [0.1, 0.15) is 11.6 Å². The van der Waals surface area contributed by atoms with Crippen LogP contribution in [-0.2, 0) is 4.79 Å². The van der Waals surface area contributed by atoms with Crippen LogP contribution in [0.3, 0.4) is 0 Å². The van der Waals surface area contributed by atoms with E-state index in [0.717, 1.165) is 75.0 Å². The number of hydrogen-bond acceptors (Lipinski definition) is 5. The monoisotopic (exact) mass is 339 g/mol. The largest absolute Gasteiger partial charge is 0.370 e. The van der Waals surface area contributed by atoms with Crippen molar-refractivity contribution in [1.29, 1.82) is 0 Å². The van der Waals surface area contributed by atoms with Gasteiger partial charge in [-0.3, -0.25) is 4.79 Å². The van der Waals surface area contributed by atoms with Crippen LogP contribution < -0.4 is 10.2 Å². The molecule has 6 heteroatoms. The van der Waals surface area contributed by atoms with Crippen LogP contribution in [0.4, 0.5) is 11.6 Å². The van der Waals surface area contributed by atoms with Crippen LogP contribution in [0.25, 0.3) is 11.4 Å². The summed E-state index contributed by atoms with van der Waals surface area (Å²) in [4.78, 5) is 24.4. The second kappa shape index (κ2) is 8.46. The number of benzene rings is 1. The molecule has 0 radical (unpaired) electrons. The molecule has 132 valence electrons. The average Bonchev–Trinajstić information content (AvgIpc) is 2.69. The Hall–Kier alpha value is -2.63. The number of amides is 1. The molecule has 25 heavy (non-hydrogen) atoms. The maximum absolute atomic E-state index is 10.9. The standard InChI is InChI=1S/C19H25N5O/c1-2-3-9-20-17-14-18(24-12-10-23(15-25)11-13-24)22-19(21-17)16-7-5-4-6-8-16/h4-8,14-15H,2-3,9-13H2,1H3,(H,20,21,22). The summed E-state index contributed by atoms with van der Waals surface area (Å²) in [7, 11) is 0. The van der Waals surface area contributed by atoms with Crippen molar-refractivity contribution >= 4 is 18.0 Å². The zero-order valence-electron chi connectivity index (χ0n) is 14.7. The van der Waals surface area contributed by atoms with Gasteiger partial charge in [-0.1, -0.05) is 43.7 Å². The fourth-order valence-electron chi connectivity index (χ4n) is 2.85. The minimum Gasteiger partial charge on any atom is -0.370 e. The molecule has 1 fully saturated rings. The number of anilines is 2. The lowest BCUT2D eigenvalue weighted by molar-refractivity contribution is -0.118. The molecule has 0 spiro atoms. The van der Waals surface area contributed by atoms with Crippen LogP contribution in [0.2, 0.25) is 0 Å².